The fourth-order valence-corrected chi connectivity index (χ4v) is 5.04. The Morgan fingerprint density at radius 1 is 1.00 bits per heavy atom. The number of rotatable bonds is 5. The van der Waals surface area contributed by atoms with E-state index in [2.05, 4.69) is 34.5 Å². The van der Waals surface area contributed by atoms with Crippen LogP contribution in [0.15, 0.2) is 69.9 Å². The van der Waals surface area contributed by atoms with Crippen molar-refractivity contribution in [2.45, 2.75) is 20.4 Å². The lowest BCUT2D eigenvalue weighted by atomic mass is 9.89. The summed E-state index contributed by atoms with van der Waals surface area (Å²) in [5.41, 5.74) is 7.39. The number of nitrogens with one attached hydrogen (secondary N) is 1. The molecule has 0 unspecified atom stereocenters. The summed E-state index contributed by atoms with van der Waals surface area (Å²) in [5, 5.41) is 12.3. The lowest BCUT2D eigenvalue weighted by Gasteiger charge is -2.26. The molecule has 36 heavy (non-hydrogen) atoms. The average Bonchev–Trinajstić information content (AvgIpc) is 2.85. The van der Waals surface area contributed by atoms with Crippen LogP contribution in [0.4, 0.5) is 10.5 Å². The van der Waals surface area contributed by atoms with Crippen LogP contribution >= 0.6 is 0 Å². The first-order valence-electron chi connectivity index (χ1n) is 12.0. The molecule has 3 aromatic carbocycles. The molecule has 0 spiro atoms. The topological polar surface area (TPSA) is 92.0 Å². The van der Waals surface area contributed by atoms with Crippen LogP contribution in [0.1, 0.15) is 16.7 Å². The summed E-state index contributed by atoms with van der Waals surface area (Å²) in [7, 11) is 0. The number of aryl methyl sites for hydroxylation is 2. The zero-order chi connectivity index (χ0) is 25.2. The summed E-state index contributed by atoms with van der Waals surface area (Å²) in [6, 6.07) is 19.0. The van der Waals surface area contributed by atoms with Gasteiger partial charge in [0.25, 0.3) is 0 Å². The van der Waals surface area contributed by atoms with Crippen LogP contribution in [-0.2, 0) is 11.3 Å². The Kier molecular flexibility index (Phi) is 6.59. The van der Waals surface area contributed by atoms with Crippen LogP contribution in [0.2, 0.25) is 0 Å². The van der Waals surface area contributed by atoms with Gasteiger partial charge in [-0.2, -0.15) is 0 Å². The number of benzene rings is 3. The second-order valence-electron chi connectivity index (χ2n) is 9.14. The summed E-state index contributed by atoms with van der Waals surface area (Å²) in [6.45, 7) is 8.41. The van der Waals surface area contributed by atoms with Crippen LogP contribution < -0.4 is 10.9 Å². The summed E-state index contributed by atoms with van der Waals surface area (Å²) in [4.78, 5) is 26.0. The van der Waals surface area contributed by atoms with E-state index in [0.717, 1.165) is 66.1 Å². The third kappa shape index (κ3) is 4.89. The van der Waals surface area contributed by atoms with Crippen LogP contribution in [-0.4, -0.2) is 42.4 Å². The third-order valence-electron chi connectivity index (χ3n) is 6.66. The summed E-state index contributed by atoms with van der Waals surface area (Å²) in [6.07, 6.45) is -1.14. The van der Waals surface area contributed by atoms with Gasteiger partial charge in [0.2, 0.25) is 0 Å². The van der Waals surface area contributed by atoms with Crippen molar-refractivity contribution in [3.63, 3.8) is 0 Å². The van der Waals surface area contributed by atoms with Gasteiger partial charge in [0.1, 0.15) is 5.58 Å². The molecule has 1 aliphatic rings. The molecule has 2 heterocycles. The van der Waals surface area contributed by atoms with E-state index in [1.165, 1.54) is 11.6 Å². The Morgan fingerprint density at radius 3 is 2.47 bits per heavy atom. The molecule has 1 aromatic heterocycles. The van der Waals surface area contributed by atoms with E-state index >= 15 is 0 Å². The zero-order valence-corrected chi connectivity index (χ0v) is 20.3. The number of amides is 1. The molecule has 1 fully saturated rings. The second-order valence-corrected chi connectivity index (χ2v) is 9.14. The van der Waals surface area contributed by atoms with Crippen molar-refractivity contribution in [1.82, 2.24) is 4.90 Å². The number of carbonyl (C=O) groups is 1. The fraction of sp³-hybridized carbons (Fsp3) is 0.241. The van der Waals surface area contributed by atoms with Gasteiger partial charge in [-0.3, -0.25) is 10.2 Å². The molecule has 0 atom stereocenters. The minimum Gasteiger partial charge on any atom is -0.465 e. The quantitative estimate of drug-likeness (QED) is 0.355. The van der Waals surface area contributed by atoms with E-state index in [1.807, 2.05) is 26.0 Å². The number of hydrogen-bond acceptors (Lipinski definition) is 5. The van der Waals surface area contributed by atoms with Crippen molar-refractivity contribution in [2.75, 3.05) is 31.6 Å². The van der Waals surface area contributed by atoms with Gasteiger partial charge in [0, 0.05) is 42.3 Å². The molecule has 1 amide bonds. The second kappa shape index (κ2) is 9.97. The SMILES string of the molecule is Cc1cc2oc(=O)cc(-c3cccc(NC(=O)O)c3)c2c(C)c1-c1ccc(CN2CCOCC2)cc1. The Balaban J connectivity index is 1.58. The highest BCUT2D eigenvalue weighted by Crippen LogP contribution is 2.38. The highest BCUT2D eigenvalue weighted by atomic mass is 16.5. The number of nitrogens with zero attached hydrogens (tertiary/aromatic N) is 1. The lowest BCUT2D eigenvalue weighted by Crippen LogP contribution is -2.35. The number of ether oxygens (including phenoxy) is 1. The monoisotopic (exact) mass is 484 g/mol. The van der Waals surface area contributed by atoms with Crippen molar-refractivity contribution in [1.29, 1.82) is 0 Å². The molecule has 4 aromatic rings. The molecule has 0 saturated carbocycles. The van der Waals surface area contributed by atoms with Crippen LogP contribution in [0, 0.1) is 13.8 Å². The standard InChI is InChI=1S/C29H28N2O5/c1-18-14-25-28(24(16-26(32)36-25)22-4-3-5-23(15-22)30-29(33)34)19(2)27(18)21-8-6-20(7-9-21)17-31-10-12-35-13-11-31/h3-9,14-16,30H,10-13,17H2,1-2H3,(H,33,34). The average molecular weight is 485 g/mol. The van der Waals surface area contributed by atoms with Crippen molar-refractivity contribution in [3.8, 4) is 22.3 Å². The van der Waals surface area contributed by atoms with Crippen LogP contribution in [0.25, 0.3) is 33.2 Å². The Labute approximate surface area is 208 Å². The molecule has 2 N–H and O–H groups in total. The number of morpholine rings is 1. The largest absolute Gasteiger partial charge is 0.465 e. The van der Waals surface area contributed by atoms with E-state index in [9.17, 15) is 9.59 Å². The molecular weight excluding hydrogens is 456 g/mol. The number of carboxylic acid groups (broad SMARTS) is 1. The van der Waals surface area contributed by atoms with Gasteiger partial charge in [-0.25, -0.2) is 9.59 Å². The maximum atomic E-state index is 12.4. The summed E-state index contributed by atoms with van der Waals surface area (Å²) < 4.78 is 11.0. The van der Waals surface area contributed by atoms with E-state index in [1.54, 1.807) is 18.2 Å². The van der Waals surface area contributed by atoms with Gasteiger partial charge in [0.15, 0.2) is 0 Å². The highest BCUT2D eigenvalue weighted by Gasteiger charge is 2.17. The van der Waals surface area contributed by atoms with Gasteiger partial charge in [-0.1, -0.05) is 36.4 Å². The predicted molar refractivity (Wildman–Crippen MR) is 141 cm³/mol. The number of fused-ring (bicyclic) bond motifs is 1. The number of anilines is 1. The van der Waals surface area contributed by atoms with Crippen molar-refractivity contribution in [2.24, 2.45) is 0 Å². The van der Waals surface area contributed by atoms with Gasteiger partial charge < -0.3 is 14.3 Å². The Morgan fingerprint density at radius 2 is 1.75 bits per heavy atom. The summed E-state index contributed by atoms with van der Waals surface area (Å²) in [5.74, 6) is 0. The minimum atomic E-state index is -1.14. The van der Waals surface area contributed by atoms with Gasteiger partial charge in [-0.15, -0.1) is 0 Å². The molecule has 7 heteroatoms. The molecule has 7 nitrogen and oxygen atoms in total. The highest BCUT2D eigenvalue weighted by molar-refractivity contribution is 6.00. The van der Waals surface area contributed by atoms with Crippen molar-refractivity contribution < 1.29 is 19.1 Å². The van der Waals surface area contributed by atoms with Gasteiger partial charge in [-0.05, 0) is 65.4 Å². The first-order valence-corrected chi connectivity index (χ1v) is 12.0. The third-order valence-corrected chi connectivity index (χ3v) is 6.66. The Bertz CT molecular complexity index is 1480. The van der Waals surface area contributed by atoms with Crippen molar-refractivity contribution in [3.05, 3.63) is 87.8 Å². The smallest absolute Gasteiger partial charge is 0.409 e. The zero-order valence-electron chi connectivity index (χ0n) is 20.3. The molecule has 0 aliphatic carbocycles. The van der Waals surface area contributed by atoms with E-state index in [-0.39, 0.29) is 0 Å². The molecule has 1 saturated heterocycles. The Hall–Kier alpha value is -3.94. The first kappa shape index (κ1) is 23.8. The van der Waals surface area contributed by atoms with Crippen LogP contribution in [0.3, 0.4) is 0 Å². The van der Waals surface area contributed by atoms with Crippen molar-refractivity contribution >= 4 is 22.7 Å². The molecule has 184 valence electrons. The van der Waals surface area contributed by atoms with E-state index in [4.69, 9.17) is 14.3 Å². The normalized spacial score (nSPS) is 14.2. The molecule has 5 rings (SSSR count). The predicted octanol–water partition coefficient (Wildman–Crippen LogP) is 5.67. The van der Waals surface area contributed by atoms with E-state index in [0.29, 0.717) is 16.8 Å². The lowest BCUT2D eigenvalue weighted by molar-refractivity contribution is 0.0342. The fourth-order valence-electron chi connectivity index (χ4n) is 5.04. The van der Waals surface area contributed by atoms with Gasteiger partial charge >= 0.3 is 11.7 Å². The molecule has 1 aliphatic heterocycles. The molecular formula is C29H28N2O5. The minimum absolute atomic E-state index is 0.433. The maximum Gasteiger partial charge on any atom is 0.409 e. The summed E-state index contributed by atoms with van der Waals surface area (Å²) >= 11 is 0. The van der Waals surface area contributed by atoms with E-state index < -0.39 is 11.7 Å². The molecule has 0 radical (unpaired) electrons. The maximum absolute atomic E-state index is 12.4. The van der Waals surface area contributed by atoms with Gasteiger partial charge in [0.05, 0.1) is 13.2 Å². The molecule has 0 bridgehead atoms. The van der Waals surface area contributed by atoms with Crippen LogP contribution in [0.5, 0.6) is 0 Å². The number of hydrogen-bond donors (Lipinski definition) is 2. The first-order chi connectivity index (χ1) is 17.4.